The van der Waals surface area contributed by atoms with Crippen LogP contribution in [0.5, 0.6) is 5.75 Å². The second-order valence-electron chi connectivity index (χ2n) is 2.67. The second-order valence-corrected chi connectivity index (χ2v) is 3.66. The zero-order valence-corrected chi connectivity index (χ0v) is 8.70. The van der Waals surface area contributed by atoms with Crippen molar-refractivity contribution in [3.05, 3.63) is 30.3 Å². The molecule has 0 atom stereocenters. The molecule has 0 unspecified atom stereocenters. The summed E-state index contributed by atoms with van der Waals surface area (Å²) in [6, 6.07) is 8.66. The minimum Gasteiger partial charge on any atom is -0.481 e. The Morgan fingerprint density at radius 3 is 2.47 bits per heavy atom. The third-order valence-electron chi connectivity index (χ3n) is 1.42. The maximum Gasteiger partial charge on any atom is 0.321 e. The van der Waals surface area contributed by atoms with Crippen molar-refractivity contribution in [2.75, 3.05) is 11.5 Å². The first-order valence-electron chi connectivity index (χ1n) is 4.24. The van der Waals surface area contributed by atoms with Gasteiger partial charge in [-0.3, -0.25) is 9.59 Å². The van der Waals surface area contributed by atoms with Gasteiger partial charge in [-0.05, 0) is 12.1 Å². The van der Waals surface area contributed by atoms with Gasteiger partial charge >= 0.3 is 11.9 Å². The molecule has 1 aromatic rings. The Balaban J connectivity index is 2.28. The molecule has 0 bridgehead atoms. The molecule has 15 heavy (non-hydrogen) atoms. The van der Waals surface area contributed by atoms with Crippen LogP contribution in [-0.2, 0) is 9.59 Å². The summed E-state index contributed by atoms with van der Waals surface area (Å²) in [4.78, 5) is 21.3. The predicted octanol–water partition coefficient (Wildman–Crippen LogP) is 1.41. The molecule has 0 radical (unpaired) electrons. The molecule has 1 aromatic carbocycles. The number of carbonyl (C=O) groups is 2. The number of carboxylic acids is 1. The van der Waals surface area contributed by atoms with Gasteiger partial charge in [-0.1, -0.05) is 18.2 Å². The quantitative estimate of drug-likeness (QED) is 0.607. The number of ether oxygens (including phenoxy) is 1. The summed E-state index contributed by atoms with van der Waals surface area (Å²) in [5.74, 6) is -0.955. The van der Waals surface area contributed by atoms with E-state index >= 15 is 0 Å². The first kappa shape index (κ1) is 11.6. The van der Waals surface area contributed by atoms with Crippen molar-refractivity contribution in [2.24, 2.45) is 0 Å². The lowest BCUT2D eigenvalue weighted by atomic mass is 10.3. The number of rotatable bonds is 5. The van der Waals surface area contributed by atoms with E-state index in [4.69, 9.17) is 9.84 Å². The van der Waals surface area contributed by atoms with Crippen molar-refractivity contribution in [3.8, 4) is 5.75 Å². The van der Waals surface area contributed by atoms with Gasteiger partial charge in [-0.25, -0.2) is 0 Å². The molecule has 0 aromatic heterocycles. The van der Waals surface area contributed by atoms with E-state index in [2.05, 4.69) is 0 Å². The molecule has 0 fully saturated rings. The number of benzene rings is 1. The highest BCUT2D eigenvalue weighted by Gasteiger charge is 2.06. The standard InChI is InChI=1S/C10H10O4S/c11-9(12)6-15-7-10(13)14-8-4-2-1-3-5-8/h1-5H,6-7H2,(H,11,12). The van der Waals surface area contributed by atoms with E-state index in [9.17, 15) is 9.59 Å². The van der Waals surface area contributed by atoms with E-state index < -0.39 is 11.9 Å². The SMILES string of the molecule is O=C(O)CSCC(=O)Oc1ccccc1. The van der Waals surface area contributed by atoms with Crippen LogP contribution in [0.3, 0.4) is 0 Å². The average Bonchev–Trinajstić information content (AvgIpc) is 2.18. The average molecular weight is 226 g/mol. The molecule has 80 valence electrons. The van der Waals surface area contributed by atoms with Gasteiger partial charge in [0.25, 0.3) is 0 Å². The summed E-state index contributed by atoms with van der Waals surface area (Å²) >= 11 is 1.01. The minimum atomic E-state index is -0.937. The van der Waals surface area contributed by atoms with Crippen molar-refractivity contribution in [1.82, 2.24) is 0 Å². The summed E-state index contributed by atoms with van der Waals surface area (Å²) in [6.45, 7) is 0. The molecule has 0 amide bonds. The van der Waals surface area contributed by atoms with Crippen molar-refractivity contribution in [3.63, 3.8) is 0 Å². The molecule has 1 rings (SSSR count). The molecule has 0 aliphatic carbocycles. The van der Waals surface area contributed by atoms with Crippen LogP contribution in [-0.4, -0.2) is 28.6 Å². The number of carbonyl (C=O) groups excluding carboxylic acids is 1. The minimum absolute atomic E-state index is 0.0429. The van der Waals surface area contributed by atoms with Gasteiger partial charge in [0.05, 0.1) is 11.5 Å². The molecule has 1 N–H and O–H groups in total. The van der Waals surface area contributed by atoms with Gasteiger partial charge in [0.2, 0.25) is 0 Å². The van der Waals surface area contributed by atoms with E-state index in [-0.39, 0.29) is 11.5 Å². The van der Waals surface area contributed by atoms with Crippen molar-refractivity contribution < 1.29 is 19.4 Å². The molecule has 0 spiro atoms. The molecule has 5 heteroatoms. The largest absolute Gasteiger partial charge is 0.481 e. The fourth-order valence-corrected chi connectivity index (χ4v) is 1.37. The highest BCUT2D eigenvalue weighted by molar-refractivity contribution is 8.00. The molecule has 0 saturated carbocycles. The number of aliphatic carboxylic acids is 1. The summed E-state index contributed by atoms with van der Waals surface area (Å²) in [5, 5.41) is 8.34. The van der Waals surface area contributed by atoms with Crippen LogP contribution >= 0.6 is 11.8 Å². The van der Waals surface area contributed by atoms with E-state index in [1.165, 1.54) is 0 Å². The molecule has 0 aliphatic rings. The summed E-state index contributed by atoms with van der Waals surface area (Å²) in [6.07, 6.45) is 0. The van der Waals surface area contributed by atoms with Gasteiger partial charge in [-0.2, -0.15) is 0 Å². The Labute approximate surface area is 91.2 Å². The number of thioether (sulfide) groups is 1. The van der Waals surface area contributed by atoms with Gasteiger partial charge in [-0.15, -0.1) is 11.8 Å². The maximum atomic E-state index is 11.2. The maximum absolute atomic E-state index is 11.2. The number of para-hydroxylation sites is 1. The fourth-order valence-electron chi connectivity index (χ4n) is 0.871. The zero-order chi connectivity index (χ0) is 11.1. The molecule has 0 saturated heterocycles. The number of esters is 1. The Hall–Kier alpha value is -1.49. The molecular formula is C10H10O4S. The van der Waals surface area contributed by atoms with E-state index in [1.54, 1.807) is 24.3 Å². The highest BCUT2D eigenvalue weighted by Crippen LogP contribution is 2.10. The van der Waals surface area contributed by atoms with Crippen LogP contribution in [0.15, 0.2) is 30.3 Å². The second kappa shape index (κ2) is 6.08. The molecule has 0 heterocycles. The summed E-state index contributed by atoms with van der Waals surface area (Å²) in [5.41, 5.74) is 0. The number of hydrogen-bond donors (Lipinski definition) is 1. The van der Waals surface area contributed by atoms with Crippen LogP contribution in [0.25, 0.3) is 0 Å². The van der Waals surface area contributed by atoms with E-state index in [0.29, 0.717) is 5.75 Å². The Bertz CT molecular complexity index is 337. The lowest BCUT2D eigenvalue weighted by molar-refractivity contribution is -0.134. The van der Waals surface area contributed by atoms with Gasteiger partial charge in [0, 0.05) is 0 Å². The van der Waals surface area contributed by atoms with Crippen LogP contribution in [0.4, 0.5) is 0 Å². The van der Waals surface area contributed by atoms with Crippen molar-refractivity contribution >= 4 is 23.7 Å². The third kappa shape index (κ3) is 5.07. The fraction of sp³-hybridized carbons (Fsp3) is 0.200. The third-order valence-corrected chi connectivity index (χ3v) is 2.31. The van der Waals surface area contributed by atoms with Crippen LogP contribution in [0.1, 0.15) is 0 Å². The van der Waals surface area contributed by atoms with Crippen LogP contribution < -0.4 is 4.74 Å². The van der Waals surface area contributed by atoms with E-state index in [0.717, 1.165) is 11.8 Å². The molecule has 4 nitrogen and oxygen atoms in total. The highest BCUT2D eigenvalue weighted by atomic mass is 32.2. The first-order valence-corrected chi connectivity index (χ1v) is 5.39. The van der Waals surface area contributed by atoms with Crippen molar-refractivity contribution in [1.29, 1.82) is 0 Å². The lowest BCUT2D eigenvalue weighted by Gasteiger charge is -2.02. The molecular weight excluding hydrogens is 216 g/mol. The molecule has 0 aliphatic heterocycles. The smallest absolute Gasteiger partial charge is 0.321 e. The van der Waals surface area contributed by atoms with Gasteiger partial charge in [0.15, 0.2) is 0 Å². The van der Waals surface area contributed by atoms with E-state index in [1.807, 2.05) is 6.07 Å². The summed E-state index contributed by atoms with van der Waals surface area (Å²) in [7, 11) is 0. The first-order chi connectivity index (χ1) is 7.18. The van der Waals surface area contributed by atoms with Crippen LogP contribution in [0.2, 0.25) is 0 Å². The normalized spacial score (nSPS) is 9.60. The Morgan fingerprint density at radius 2 is 1.87 bits per heavy atom. The summed E-state index contributed by atoms with van der Waals surface area (Å²) < 4.78 is 4.94. The van der Waals surface area contributed by atoms with Gasteiger partial charge < -0.3 is 9.84 Å². The number of carboxylic acid groups (broad SMARTS) is 1. The number of hydrogen-bond acceptors (Lipinski definition) is 4. The van der Waals surface area contributed by atoms with Crippen LogP contribution in [0, 0.1) is 0 Å². The zero-order valence-electron chi connectivity index (χ0n) is 7.88. The van der Waals surface area contributed by atoms with Gasteiger partial charge in [0.1, 0.15) is 5.75 Å². The predicted molar refractivity (Wildman–Crippen MR) is 57.0 cm³/mol. The monoisotopic (exact) mass is 226 g/mol. The Kier molecular flexibility index (Phi) is 4.70. The topological polar surface area (TPSA) is 63.6 Å². The Morgan fingerprint density at radius 1 is 1.20 bits per heavy atom. The van der Waals surface area contributed by atoms with Crippen molar-refractivity contribution in [2.45, 2.75) is 0 Å². The lowest BCUT2D eigenvalue weighted by Crippen LogP contribution is -2.12.